The minimum atomic E-state index is -0.544. The zero-order valence-corrected chi connectivity index (χ0v) is 12.3. The largest absolute Gasteiger partial charge is 0.491 e. The summed E-state index contributed by atoms with van der Waals surface area (Å²) in [5.74, 6) is -0.273. The highest BCUT2D eigenvalue weighted by Gasteiger charge is 2.17. The second-order valence-electron chi connectivity index (χ2n) is 4.29. The van der Waals surface area contributed by atoms with Gasteiger partial charge in [0.05, 0.1) is 18.7 Å². The Bertz CT molecular complexity index is 632. The van der Waals surface area contributed by atoms with Gasteiger partial charge in [-0.15, -0.1) is 0 Å². The van der Waals surface area contributed by atoms with E-state index in [1.165, 1.54) is 19.2 Å². The van der Waals surface area contributed by atoms with Gasteiger partial charge < -0.3 is 15.2 Å². The Labute approximate surface area is 127 Å². The molecule has 0 spiro atoms. The van der Waals surface area contributed by atoms with E-state index in [1.54, 1.807) is 6.20 Å². The van der Waals surface area contributed by atoms with E-state index in [2.05, 4.69) is 4.98 Å². The maximum absolute atomic E-state index is 11.7. The summed E-state index contributed by atoms with van der Waals surface area (Å²) in [6.07, 6.45) is 2.31. The van der Waals surface area contributed by atoms with Gasteiger partial charge in [-0.1, -0.05) is 17.7 Å². The van der Waals surface area contributed by atoms with Crippen LogP contribution in [-0.2, 0) is 11.2 Å². The summed E-state index contributed by atoms with van der Waals surface area (Å²) in [6.45, 7) is 0.338. The molecule has 0 radical (unpaired) electrons. The van der Waals surface area contributed by atoms with Gasteiger partial charge >= 0.3 is 5.97 Å². The highest BCUT2D eigenvalue weighted by Crippen LogP contribution is 2.32. The Morgan fingerprint density at radius 2 is 2.19 bits per heavy atom. The number of hydrogen-bond donors (Lipinski definition) is 1. The van der Waals surface area contributed by atoms with Crippen molar-refractivity contribution in [1.82, 2.24) is 4.98 Å². The quantitative estimate of drug-likeness (QED) is 0.679. The Balaban J connectivity index is 2.13. The van der Waals surface area contributed by atoms with Crippen LogP contribution in [0.1, 0.15) is 16.1 Å². The Morgan fingerprint density at radius 1 is 1.38 bits per heavy atom. The molecule has 0 aliphatic rings. The number of nitrogens with zero attached hydrogens (tertiary/aromatic N) is 1. The highest BCUT2D eigenvalue weighted by atomic mass is 35.5. The Morgan fingerprint density at radius 3 is 2.86 bits per heavy atom. The zero-order valence-electron chi connectivity index (χ0n) is 11.5. The number of methoxy groups -OCH3 is 1. The van der Waals surface area contributed by atoms with Gasteiger partial charge in [-0.05, 0) is 24.3 Å². The van der Waals surface area contributed by atoms with E-state index in [0.29, 0.717) is 18.7 Å². The second-order valence-corrected chi connectivity index (χ2v) is 4.70. The molecular formula is C15H15ClN2O3. The minimum Gasteiger partial charge on any atom is -0.491 e. The van der Waals surface area contributed by atoms with Gasteiger partial charge in [-0.25, -0.2) is 4.79 Å². The van der Waals surface area contributed by atoms with Crippen molar-refractivity contribution in [2.24, 2.45) is 0 Å². The molecule has 0 aliphatic carbocycles. The summed E-state index contributed by atoms with van der Waals surface area (Å²) in [5.41, 5.74) is 7.16. The molecule has 1 heterocycles. The maximum Gasteiger partial charge on any atom is 0.341 e. The van der Waals surface area contributed by atoms with Crippen LogP contribution in [0.5, 0.6) is 5.75 Å². The normalized spacial score (nSPS) is 10.2. The van der Waals surface area contributed by atoms with Gasteiger partial charge in [-0.3, -0.25) is 4.98 Å². The first-order chi connectivity index (χ1) is 10.1. The summed E-state index contributed by atoms with van der Waals surface area (Å²) in [6, 6.07) is 8.65. The lowest BCUT2D eigenvalue weighted by Crippen LogP contribution is -2.09. The third-order valence-electron chi connectivity index (χ3n) is 2.80. The van der Waals surface area contributed by atoms with Crippen molar-refractivity contribution in [3.8, 4) is 5.75 Å². The fourth-order valence-electron chi connectivity index (χ4n) is 1.83. The molecule has 0 saturated carbocycles. The van der Waals surface area contributed by atoms with Gasteiger partial charge in [0.1, 0.15) is 5.56 Å². The summed E-state index contributed by atoms with van der Waals surface area (Å²) in [4.78, 5) is 15.9. The van der Waals surface area contributed by atoms with E-state index in [1.807, 2.05) is 18.2 Å². The van der Waals surface area contributed by atoms with E-state index in [-0.39, 0.29) is 16.3 Å². The number of esters is 1. The third-order valence-corrected chi connectivity index (χ3v) is 3.08. The van der Waals surface area contributed by atoms with Crippen molar-refractivity contribution >= 4 is 23.3 Å². The van der Waals surface area contributed by atoms with E-state index < -0.39 is 5.97 Å². The average molecular weight is 307 g/mol. The molecule has 1 aromatic carbocycles. The van der Waals surface area contributed by atoms with Crippen molar-refractivity contribution < 1.29 is 14.3 Å². The molecule has 0 amide bonds. The Hall–Kier alpha value is -2.27. The van der Waals surface area contributed by atoms with E-state index in [9.17, 15) is 4.79 Å². The van der Waals surface area contributed by atoms with Crippen LogP contribution in [0.2, 0.25) is 5.02 Å². The molecule has 0 atom stereocenters. The van der Waals surface area contributed by atoms with Crippen LogP contribution in [0.4, 0.5) is 5.69 Å². The van der Waals surface area contributed by atoms with Crippen LogP contribution >= 0.6 is 11.6 Å². The number of pyridine rings is 1. The molecule has 110 valence electrons. The predicted octanol–water partition coefficient (Wildman–Crippen LogP) is 2.73. The first-order valence-corrected chi connectivity index (χ1v) is 6.69. The van der Waals surface area contributed by atoms with Crippen LogP contribution in [0.15, 0.2) is 36.5 Å². The molecular weight excluding hydrogens is 292 g/mol. The summed E-state index contributed by atoms with van der Waals surface area (Å²) in [5, 5.41) is 0.274. The van der Waals surface area contributed by atoms with E-state index in [0.717, 1.165) is 5.69 Å². The van der Waals surface area contributed by atoms with E-state index >= 15 is 0 Å². The second kappa shape index (κ2) is 6.95. The third kappa shape index (κ3) is 3.86. The zero-order chi connectivity index (χ0) is 15.2. The molecule has 6 heteroatoms. The number of ether oxygens (including phenoxy) is 2. The predicted molar refractivity (Wildman–Crippen MR) is 80.6 cm³/mol. The van der Waals surface area contributed by atoms with Crippen LogP contribution in [0.25, 0.3) is 0 Å². The van der Waals surface area contributed by atoms with Crippen LogP contribution in [0, 0.1) is 0 Å². The first kappa shape index (κ1) is 15.1. The summed E-state index contributed by atoms with van der Waals surface area (Å²) in [7, 11) is 1.29. The maximum atomic E-state index is 11.7. The molecule has 0 bridgehead atoms. The standard InChI is InChI=1S/C15H15ClN2O3/c1-20-15(19)12-8-10(17)9-13(16)14(12)21-7-5-11-4-2-3-6-18-11/h2-4,6,8-9H,5,7,17H2,1H3. The fraction of sp³-hybridized carbons (Fsp3) is 0.200. The number of hydrogen-bond acceptors (Lipinski definition) is 5. The summed E-state index contributed by atoms with van der Waals surface area (Å²) < 4.78 is 10.3. The van der Waals surface area contributed by atoms with Crippen molar-refractivity contribution in [2.75, 3.05) is 19.5 Å². The highest BCUT2D eigenvalue weighted by molar-refractivity contribution is 6.33. The molecule has 21 heavy (non-hydrogen) atoms. The lowest BCUT2D eigenvalue weighted by atomic mass is 10.1. The monoisotopic (exact) mass is 306 g/mol. The molecule has 0 unspecified atom stereocenters. The lowest BCUT2D eigenvalue weighted by Gasteiger charge is -2.12. The number of aromatic nitrogens is 1. The molecule has 2 aromatic rings. The number of nitrogen functional groups attached to an aromatic ring is 1. The minimum absolute atomic E-state index is 0.212. The van der Waals surface area contributed by atoms with Gasteiger partial charge in [-0.2, -0.15) is 0 Å². The molecule has 2 N–H and O–H groups in total. The van der Waals surface area contributed by atoms with Gasteiger partial charge in [0, 0.05) is 24.0 Å². The number of carbonyl (C=O) groups excluding carboxylic acids is 1. The van der Waals surface area contributed by atoms with Crippen LogP contribution in [-0.4, -0.2) is 24.7 Å². The number of anilines is 1. The van der Waals surface area contributed by atoms with Crippen LogP contribution in [0.3, 0.4) is 0 Å². The number of halogens is 1. The SMILES string of the molecule is COC(=O)c1cc(N)cc(Cl)c1OCCc1ccccn1. The molecule has 2 rings (SSSR count). The van der Waals surface area contributed by atoms with Crippen molar-refractivity contribution in [1.29, 1.82) is 0 Å². The summed E-state index contributed by atoms with van der Waals surface area (Å²) >= 11 is 6.09. The van der Waals surface area contributed by atoms with Crippen LogP contribution < -0.4 is 10.5 Å². The number of nitrogens with two attached hydrogens (primary N) is 1. The molecule has 1 aromatic heterocycles. The van der Waals surface area contributed by atoms with Crippen molar-refractivity contribution in [3.05, 3.63) is 52.8 Å². The smallest absolute Gasteiger partial charge is 0.341 e. The van der Waals surface area contributed by atoms with Gasteiger partial charge in [0.15, 0.2) is 5.75 Å². The molecule has 0 saturated heterocycles. The molecule has 5 nitrogen and oxygen atoms in total. The number of rotatable bonds is 5. The van der Waals surface area contributed by atoms with Gasteiger partial charge in [0.2, 0.25) is 0 Å². The molecule has 0 fully saturated rings. The molecule has 0 aliphatic heterocycles. The topological polar surface area (TPSA) is 74.4 Å². The fourth-order valence-corrected chi connectivity index (χ4v) is 2.11. The Kier molecular flexibility index (Phi) is 5.00. The number of carbonyl (C=O) groups is 1. The van der Waals surface area contributed by atoms with Gasteiger partial charge in [0.25, 0.3) is 0 Å². The number of benzene rings is 1. The van der Waals surface area contributed by atoms with E-state index in [4.69, 9.17) is 26.8 Å². The average Bonchev–Trinajstić information content (AvgIpc) is 2.49. The first-order valence-electron chi connectivity index (χ1n) is 6.32. The van der Waals surface area contributed by atoms with Crippen molar-refractivity contribution in [3.63, 3.8) is 0 Å². The van der Waals surface area contributed by atoms with Crippen molar-refractivity contribution in [2.45, 2.75) is 6.42 Å². The lowest BCUT2D eigenvalue weighted by molar-refractivity contribution is 0.0596.